The maximum atomic E-state index is 6.02. The van der Waals surface area contributed by atoms with Gasteiger partial charge >= 0.3 is 408 Å². The summed E-state index contributed by atoms with van der Waals surface area (Å²) < 4.78 is 14.7. The maximum absolute atomic E-state index is 6.02. The minimum absolute atomic E-state index is 0.758. The van der Waals surface area contributed by atoms with Crippen LogP contribution in [0, 0.1) is 11.8 Å². The summed E-state index contributed by atoms with van der Waals surface area (Å²) in [6.45, 7) is 23.9. The molecule has 7 rings (SSSR count). The first-order chi connectivity index (χ1) is 44.2. The summed E-state index contributed by atoms with van der Waals surface area (Å²) in [6.07, 6.45) is 55.9. The van der Waals surface area contributed by atoms with Crippen LogP contribution in [0.15, 0.2) is 36.7 Å². The molecule has 0 spiro atoms. The summed E-state index contributed by atoms with van der Waals surface area (Å²) in [5, 5.41) is 4.72. The Hall–Kier alpha value is -0.743. The zero-order chi connectivity index (χ0) is 63.8. The van der Waals surface area contributed by atoms with Crippen molar-refractivity contribution < 1.29 is 0 Å². The van der Waals surface area contributed by atoms with E-state index in [1.54, 1.807) is 15.5 Å². The Bertz CT molecular complexity index is 2730. The molecule has 0 saturated heterocycles. The zero-order valence-electron chi connectivity index (χ0n) is 59.0. The number of unbranched alkanes of at least 4 members (excludes halogenated alkanes) is 22. The summed E-state index contributed by atoms with van der Waals surface area (Å²) in [7, 11) is 0. The standard InChI is InChI=1S/C54H72N4S6.6C4H9.2Sn/c1-5-9-13-17-19-23-27-39(25-21-15-11-7-3)37-41-29-31-43(61-41)51-57-47-45(53-55-33-35-59-53)50-48(46(49(47)63-51)54-56-34-36-60-54)58-52(64-50)44-32-30-42(62-44)38-40(26-22-16-12-8-4)28-24-20-18-14-10-6-2;6*1-3-4-2;;/h29-34,39-40H,5-28,37-38H2,1-4H3;6*1,3-4H2,2H3;;. The molecule has 7 aromatic rings. The van der Waals surface area contributed by atoms with Crippen molar-refractivity contribution in [3.05, 3.63) is 46.4 Å². The van der Waals surface area contributed by atoms with E-state index in [1.165, 1.54) is 321 Å². The Morgan fingerprint density at radius 3 is 0.911 bits per heavy atom. The number of aromatic nitrogens is 4. The number of rotatable bonds is 52. The summed E-state index contributed by atoms with van der Waals surface area (Å²) in [6, 6.07) is 9.88. The Balaban J connectivity index is 1.42. The van der Waals surface area contributed by atoms with Crippen LogP contribution >= 0.6 is 68.0 Å². The van der Waals surface area contributed by atoms with Gasteiger partial charge in [0.25, 0.3) is 0 Å². The van der Waals surface area contributed by atoms with Gasteiger partial charge in [-0.25, -0.2) is 0 Å². The van der Waals surface area contributed by atoms with Crippen molar-refractivity contribution in [1.82, 2.24) is 19.9 Å². The van der Waals surface area contributed by atoms with Crippen LogP contribution in [0.4, 0.5) is 0 Å². The predicted octanol–water partition coefficient (Wildman–Crippen LogP) is 28.5. The van der Waals surface area contributed by atoms with Gasteiger partial charge < -0.3 is 0 Å². The van der Waals surface area contributed by atoms with Crippen LogP contribution in [0.25, 0.3) is 61.3 Å². The molecule has 90 heavy (non-hydrogen) atoms. The van der Waals surface area contributed by atoms with Crippen molar-refractivity contribution in [2.75, 3.05) is 0 Å². The van der Waals surface area contributed by atoms with Crippen LogP contribution in [0.2, 0.25) is 26.6 Å². The number of nitrogens with zero attached hydrogens (tertiary/aromatic N) is 4. The number of thiazole rings is 4. The van der Waals surface area contributed by atoms with Crippen LogP contribution < -0.4 is 5.79 Å². The molecular formula is C78H126N4S6Sn2. The van der Waals surface area contributed by atoms with Gasteiger partial charge in [0.2, 0.25) is 0 Å². The Morgan fingerprint density at radius 1 is 0.311 bits per heavy atom. The normalized spacial score (nSPS) is 13.1. The van der Waals surface area contributed by atoms with Gasteiger partial charge in [-0.3, -0.25) is 0 Å². The second-order valence-electron chi connectivity index (χ2n) is 27.9. The molecule has 4 nitrogen and oxygen atoms in total. The third kappa shape index (κ3) is 22.7. The molecule has 2 unspecified atom stereocenters. The summed E-state index contributed by atoms with van der Waals surface area (Å²) >= 11 is 6.48. The SMILES string of the molecule is CCCCCCCCC(CCCCCC)Cc1ccc(-c2nc3c(-c4nc[c]([Sn]([CH2]CCC)([CH2]CCC)[CH2]CCC)s4)c4sc(-c5ccc(CC(CCCCCC)CCCCCCCC)s5)nc4c(-c4nc[c]([Sn]([CH2]CCC)([CH2]CCC)[CH2]CCC)s4)c3s2)s1. The van der Waals surface area contributed by atoms with Crippen LogP contribution in [0.1, 0.15) is 310 Å². The monoisotopic (exact) mass is 1550 g/mol. The van der Waals surface area contributed by atoms with Crippen molar-refractivity contribution >= 4 is 131 Å². The molecule has 0 fully saturated rings. The average molecular weight is 1550 g/mol. The second kappa shape index (κ2) is 42.8. The first-order valence-electron chi connectivity index (χ1n) is 38.1. The van der Waals surface area contributed by atoms with E-state index in [4.69, 9.17) is 19.9 Å². The van der Waals surface area contributed by atoms with Gasteiger partial charge in [-0.15, -0.1) is 0 Å². The van der Waals surface area contributed by atoms with Crippen LogP contribution in [0.3, 0.4) is 0 Å². The summed E-state index contributed by atoms with van der Waals surface area (Å²) in [5.41, 5.74) is 4.83. The quantitative estimate of drug-likeness (QED) is 0.0282. The van der Waals surface area contributed by atoms with Crippen molar-refractivity contribution in [3.63, 3.8) is 0 Å². The molecule has 0 N–H and O–H groups in total. The van der Waals surface area contributed by atoms with E-state index >= 15 is 0 Å². The fourth-order valence-electron chi connectivity index (χ4n) is 14.6. The van der Waals surface area contributed by atoms with E-state index in [0.717, 1.165) is 22.9 Å². The minimum atomic E-state index is -2.86. The molecular weight excluding hydrogens is 1420 g/mol. The number of fused-ring (bicyclic) bond motifs is 2. The Labute approximate surface area is 583 Å². The van der Waals surface area contributed by atoms with Gasteiger partial charge in [0, 0.05) is 0 Å². The molecule has 0 amide bonds. The third-order valence-electron chi connectivity index (χ3n) is 20.3. The van der Waals surface area contributed by atoms with Crippen molar-refractivity contribution in [1.29, 1.82) is 0 Å². The molecule has 502 valence electrons. The first kappa shape index (κ1) is 76.6. The van der Waals surface area contributed by atoms with E-state index in [0.29, 0.717) is 0 Å². The van der Waals surface area contributed by atoms with Gasteiger partial charge in [-0.2, -0.15) is 0 Å². The Kier molecular flexibility index (Phi) is 36.5. The fraction of sp³-hybridized carbons (Fsp3) is 0.718. The molecule has 0 radical (unpaired) electrons. The van der Waals surface area contributed by atoms with Crippen LogP contribution in [0.5, 0.6) is 0 Å². The third-order valence-corrected chi connectivity index (χ3v) is 63.4. The molecule has 0 aliphatic rings. The van der Waals surface area contributed by atoms with Crippen LogP contribution in [-0.2, 0) is 12.8 Å². The van der Waals surface area contributed by atoms with Crippen molar-refractivity contribution in [2.24, 2.45) is 11.8 Å². The number of hydrogen-bond acceptors (Lipinski definition) is 10. The molecule has 12 heteroatoms. The van der Waals surface area contributed by atoms with E-state index in [2.05, 4.69) is 129 Å². The van der Waals surface area contributed by atoms with Gasteiger partial charge in [0.1, 0.15) is 0 Å². The van der Waals surface area contributed by atoms with Gasteiger partial charge in [-0.05, 0) is 0 Å². The molecule has 1 aromatic carbocycles. The molecule has 0 aliphatic carbocycles. The van der Waals surface area contributed by atoms with Crippen LogP contribution in [-0.4, -0.2) is 56.7 Å². The number of thiophene rings is 2. The molecule has 6 aromatic heterocycles. The molecule has 0 bridgehead atoms. The van der Waals surface area contributed by atoms with Gasteiger partial charge in [0.15, 0.2) is 0 Å². The van der Waals surface area contributed by atoms with E-state index in [1.807, 2.05) is 45.3 Å². The number of hydrogen-bond donors (Lipinski definition) is 0. The average Bonchev–Trinajstić information content (AvgIpc) is 1.55. The second-order valence-corrected chi connectivity index (χ2v) is 62.6. The summed E-state index contributed by atoms with van der Waals surface area (Å²) in [5.74, 6) is 1.52. The molecule has 2 atom stereocenters. The topological polar surface area (TPSA) is 51.6 Å². The van der Waals surface area contributed by atoms with Crippen molar-refractivity contribution in [2.45, 2.75) is 340 Å². The van der Waals surface area contributed by atoms with E-state index in [9.17, 15) is 0 Å². The first-order valence-corrected chi connectivity index (χ1v) is 57.9. The van der Waals surface area contributed by atoms with Gasteiger partial charge in [-0.1, -0.05) is 182 Å². The van der Waals surface area contributed by atoms with Gasteiger partial charge in [0.05, 0.1) is 0 Å². The molecule has 6 heterocycles. The molecule has 0 saturated carbocycles. The van der Waals surface area contributed by atoms with E-state index < -0.39 is 36.8 Å². The van der Waals surface area contributed by atoms with E-state index in [-0.39, 0.29) is 0 Å². The molecule has 0 aliphatic heterocycles. The Morgan fingerprint density at radius 2 is 0.600 bits per heavy atom. The summed E-state index contributed by atoms with van der Waals surface area (Å²) in [4.78, 5) is 29.2. The van der Waals surface area contributed by atoms with Crippen molar-refractivity contribution in [3.8, 4) is 40.9 Å². The fourth-order valence-corrected chi connectivity index (χ4v) is 58.7. The number of benzene rings is 1. The predicted molar refractivity (Wildman–Crippen MR) is 419 cm³/mol. The zero-order valence-corrected chi connectivity index (χ0v) is 69.6.